The van der Waals surface area contributed by atoms with Gasteiger partial charge in [0.25, 0.3) is 5.56 Å². The Morgan fingerprint density at radius 2 is 2.10 bits per heavy atom. The molecule has 0 radical (unpaired) electrons. The standard InChI is InChI=1S/C21H17ClN2O4S/c1-2-15-10-16-19(29-15)23-18(9-12-4-3-5-13(22)8-12)24(20(16)25)11-14-6-7-17(28-14)21(26)27/h3-8,10H,2,9,11H2,1H3,(H,26,27). The van der Waals surface area contributed by atoms with Crippen molar-refractivity contribution in [1.29, 1.82) is 0 Å². The van der Waals surface area contributed by atoms with Crippen molar-refractivity contribution in [2.45, 2.75) is 26.3 Å². The van der Waals surface area contributed by atoms with E-state index in [9.17, 15) is 9.59 Å². The number of benzene rings is 1. The number of aromatic nitrogens is 2. The lowest BCUT2D eigenvalue weighted by Gasteiger charge is -2.11. The van der Waals surface area contributed by atoms with Gasteiger partial charge in [-0.2, -0.15) is 0 Å². The molecule has 8 heteroatoms. The smallest absolute Gasteiger partial charge is 0.371 e. The van der Waals surface area contributed by atoms with E-state index in [2.05, 4.69) is 0 Å². The second kappa shape index (κ2) is 7.85. The third-order valence-electron chi connectivity index (χ3n) is 4.57. The van der Waals surface area contributed by atoms with Gasteiger partial charge in [0.2, 0.25) is 5.76 Å². The lowest BCUT2D eigenvalue weighted by atomic mass is 10.1. The van der Waals surface area contributed by atoms with Crippen molar-refractivity contribution in [2.24, 2.45) is 0 Å². The van der Waals surface area contributed by atoms with Crippen LogP contribution in [0, 0.1) is 0 Å². The molecule has 0 unspecified atom stereocenters. The molecule has 6 nitrogen and oxygen atoms in total. The predicted octanol–water partition coefficient (Wildman–Crippen LogP) is 4.60. The van der Waals surface area contributed by atoms with Crippen molar-refractivity contribution in [2.75, 3.05) is 0 Å². The highest BCUT2D eigenvalue weighted by molar-refractivity contribution is 7.18. The van der Waals surface area contributed by atoms with Gasteiger partial charge in [0.05, 0.1) is 11.9 Å². The maximum absolute atomic E-state index is 13.2. The maximum atomic E-state index is 13.2. The summed E-state index contributed by atoms with van der Waals surface area (Å²) in [6.45, 7) is 2.13. The largest absolute Gasteiger partial charge is 0.475 e. The number of carbonyl (C=O) groups is 1. The number of halogens is 1. The average Bonchev–Trinajstić information content (AvgIpc) is 3.32. The summed E-state index contributed by atoms with van der Waals surface area (Å²) in [6.07, 6.45) is 1.24. The zero-order valence-electron chi connectivity index (χ0n) is 15.5. The highest BCUT2D eigenvalue weighted by Crippen LogP contribution is 2.24. The average molecular weight is 429 g/mol. The molecule has 29 heavy (non-hydrogen) atoms. The van der Waals surface area contributed by atoms with Crippen LogP contribution in [0.5, 0.6) is 0 Å². The summed E-state index contributed by atoms with van der Waals surface area (Å²) in [6, 6.07) is 12.2. The molecule has 1 aromatic carbocycles. The molecular weight excluding hydrogens is 412 g/mol. The second-order valence-corrected chi connectivity index (χ2v) is 8.13. The highest BCUT2D eigenvalue weighted by atomic mass is 35.5. The van der Waals surface area contributed by atoms with Crippen molar-refractivity contribution >= 4 is 39.1 Å². The molecule has 0 aliphatic heterocycles. The van der Waals surface area contributed by atoms with Gasteiger partial charge in [0.1, 0.15) is 16.4 Å². The Hall–Kier alpha value is -2.90. The molecule has 0 fully saturated rings. The number of hydrogen-bond acceptors (Lipinski definition) is 5. The SMILES string of the molecule is CCc1cc2c(=O)n(Cc3ccc(C(=O)O)o3)c(Cc3cccc(Cl)c3)nc2s1. The minimum absolute atomic E-state index is 0.0995. The van der Waals surface area contributed by atoms with Gasteiger partial charge >= 0.3 is 5.97 Å². The molecule has 3 heterocycles. The first-order chi connectivity index (χ1) is 13.9. The van der Waals surface area contributed by atoms with Crippen LogP contribution in [0.4, 0.5) is 0 Å². The third-order valence-corrected chi connectivity index (χ3v) is 5.98. The Bertz CT molecular complexity index is 1270. The van der Waals surface area contributed by atoms with Crippen LogP contribution >= 0.6 is 22.9 Å². The van der Waals surface area contributed by atoms with E-state index >= 15 is 0 Å². The van der Waals surface area contributed by atoms with E-state index in [1.165, 1.54) is 17.4 Å². The van der Waals surface area contributed by atoms with Crippen molar-refractivity contribution in [1.82, 2.24) is 9.55 Å². The molecule has 0 saturated heterocycles. The molecule has 0 saturated carbocycles. The van der Waals surface area contributed by atoms with Crippen LogP contribution in [-0.4, -0.2) is 20.6 Å². The van der Waals surface area contributed by atoms with Crippen LogP contribution in [0.2, 0.25) is 5.02 Å². The molecule has 0 bridgehead atoms. The first kappa shape index (κ1) is 19.4. The number of rotatable bonds is 6. The van der Waals surface area contributed by atoms with Gasteiger partial charge in [0, 0.05) is 16.3 Å². The Morgan fingerprint density at radius 1 is 1.28 bits per heavy atom. The topological polar surface area (TPSA) is 85.3 Å². The number of fused-ring (bicyclic) bond motifs is 1. The minimum atomic E-state index is -1.15. The van der Waals surface area contributed by atoms with Crippen LogP contribution in [0.1, 0.15) is 39.5 Å². The number of aryl methyl sites for hydroxylation is 1. The van der Waals surface area contributed by atoms with Crippen molar-refractivity contribution in [3.05, 3.63) is 85.6 Å². The molecule has 0 aliphatic rings. The van der Waals surface area contributed by atoms with E-state index in [1.807, 2.05) is 31.2 Å². The molecule has 0 atom stereocenters. The number of carboxylic acids is 1. The van der Waals surface area contributed by atoms with Crippen molar-refractivity contribution < 1.29 is 14.3 Å². The quantitative estimate of drug-likeness (QED) is 0.485. The summed E-state index contributed by atoms with van der Waals surface area (Å²) >= 11 is 7.61. The third kappa shape index (κ3) is 3.97. The normalized spacial score (nSPS) is 11.2. The zero-order valence-corrected chi connectivity index (χ0v) is 17.1. The van der Waals surface area contributed by atoms with Gasteiger partial charge < -0.3 is 9.52 Å². The second-order valence-electron chi connectivity index (χ2n) is 6.58. The van der Waals surface area contributed by atoms with E-state index in [0.29, 0.717) is 33.2 Å². The van der Waals surface area contributed by atoms with Gasteiger partial charge in [-0.05, 0) is 42.3 Å². The number of carboxylic acid groups (broad SMARTS) is 1. The number of furan rings is 1. The Kier molecular flexibility index (Phi) is 5.25. The first-order valence-electron chi connectivity index (χ1n) is 9.03. The Balaban J connectivity index is 1.83. The Labute approximate surface area is 175 Å². The lowest BCUT2D eigenvalue weighted by Crippen LogP contribution is -2.25. The molecule has 3 aromatic heterocycles. The summed E-state index contributed by atoms with van der Waals surface area (Å²) < 4.78 is 6.90. The van der Waals surface area contributed by atoms with Crippen LogP contribution < -0.4 is 5.56 Å². The summed E-state index contributed by atoms with van der Waals surface area (Å²) in [5, 5.41) is 10.3. The molecule has 0 spiro atoms. The van der Waals surface area contributed by atoms with E-state index in [4.69, 9.17) is 26.1 Å². The van der Waals surface area contributed by atoms with Crippen LogP contribution in [0.15, 0.2) is 51.7 Å². The predicted molar refractivity (Wildman–Crippen MR) is 112 cm³/mol. The van der Waals surface area contributed by atoms with Gasteiger partial charge in [0.15, 0.2) is 0 Å². The van der Waals surface area contributed by atoms with Gasteiger partial charge in [-0.3, -0.25) is 9.36 Å². The van der Waals surface area contributed by atoms with E-state index < -0.39 is 5.97 Å². The van der Waals surface area contributed by atoms with Crippen LogP contribution in [-0.2, 0) is 19.4 Å². The van der Waals surface area contributed by atoms with E-state index in [-0.39, 0.29) is 17.9 Å². The molecule has 1 N–H and O–H groups in total. The summed E-state index contributed by atoms with van der Waals surface area (Å²) in [4.78, 5) is 30.9. The number of nitrogens with zero attached hydrogens (tertiary/aromatic N) is 2. The Morgan fingerprint density at radius 3 is 2.79 bits per heavy atom. The van der Waals surface area contributed by atoms with Gasteiger partial charge in [-0.15, -0.1) is 11.3 Å². The molecule has 4 rings (SSSR count). The van der Waals surface area contributed by atoms with Crippen LogP contribution in [0.3, 0.4) is 0 Å². The summed E-state index contributed by atoms with van der Waals surface area (Å²) in [7, 11) is 0. The maximum Gasteiger partial charge on any atom is 0.371 e. The molecule has 0 amide bonds. The minimum Gasteiger partial charge on any atom is -0.475 e. The molecule has 148 valence electrons. The number of hydrogen-bond donors (Lipinski definition) is 1. The van der Waals surface area contributed by atoms with E-state index in [1.54, 1.807) is 16.7 Å². The fraction of sp³-hybridized carbons (Fsp3) is 0.190. The van der Waals surface area contributed by atoms with Gasteiger partial charge in [-0.25, -0.2) is 9.78 Å². The van der Waals surface area contributed by atoms with Crippen molar-refractivity contribution in [3.63, 3.8) is 0 Å². The number of thiophene rings is 1. The molecule has 4 aromatic rings. The van der Waals surface area contributed by atoms with Crippen molar-refractivity contribution in [3.8, 4) is 0 Å². The monoisotopic (exact) mass is 428 g/mol. The summed E-state index contributed by atoms with van der Waals surface area (Å²) in [5.41, 5.74) is 0.756. The molecular formula is C21H17ClN2O4S. The zero-order chi connectivity index (χ0) is 20.5. The van der Waals surface area contributed by atoms with Crippen LogP contribution in [0.25, 0.3) is 10.2 Å². The van der Waals surface area contributed by atoms with Gasteiger partial charge in [-0.1, -0.05) is 30.7 Å². The lowest BCUT2D eigenvalue weighted by molar-refractivity contribution is 0.0660. The fourth-order valence-electron chi connectivity index (χ4n) is 3.14. The molecule has 0 aliphatic carbocycles. The van der Waals surface area contributed by atoms with E-state index in [0.717, 1.165) is 16.9 Å². The summed E-state index contributed by atoms with van der Waals surface area (Å²) in [5.74, 6) is -0.365. The highest BCUT2D eigenvalue weighted by Gasteiger charge is 2.17. The first-order valence-corrected chi connectivity index (χ1v) is 10.2. The fourth-order valence-corrected chi connectivity index (χ4v) is 4.33. The number of aromatic carboxylic acids is 1.